The lowest BCUT2D eigenvalue weighted by atomic mass is 9.85. The van der Waals surface area contributed by atoms with Crippen LogP contribution in [0, 0.1) is 0 Å². The molecule has 6 heteroatoms. The molecule has 1 fully saturated rings. The van der Waals surface area contributed by atoms with Crippen molar-refractivity contribution in [1.29, 1.82) is 0 Å². The van der Waals surface area contributed by atoms with Crippen LogP contribution in [0.2, 0.25) is 0 Å². The molecule has 98 valence electrons. The zero-order valence-corrected chi connectivity index (χ0v) is 10.1. The van der Waals surface area contributed by atoms with Gasteiger partial charge in [-0.2, -0.15) is 0 Å². The van der Waals surface area contributed by atoms with E-state index in [1.54, 1.807) is 0 Å². The molecular formula is C12H17N3O3. The van der Waals surface area contributed by atoms with E-state index in [0.29, 0.717) is 12.4 Å². The minimum atomic E-state index is -1.11. The molecule has 0 amide bonds. The maximum Gasteiger partial charge on any atom is 0.356 e. The van der Waals surface area contributed by atoms with E-state index >= 15 is 0 Å². The van der Waals surface area contributed by atoms with Gasteiger partial charge in [-0.25, -0.2) is 9.78 Å². The molecule has 0 aromatic carbocycles. The summed E-state index contributed by atoms with van der Waals surface area (Å²) in [5, 5.41) is 22.0. The highest BCUT2D eigenvalue weighted by atomic mass is 16.4. The largest absolute Gasteiger partial charge is 0.476 e. The molecule has 2 rings (SSSR count). The van der Waals surface area contributed by atoms with Crippen LogP contribution in [-0.4, -0.2) is 38.3 Å². The van der Waals surface area contributed by atoms with E-state index in [0.717, 1.165) is 32.1 Å². The van der Waals surface area contributed by atoms with Gasteiger partial charge in [0, 0.05) is 6.54 Å². The van der Waals surface area contributed by atoms with Crippen LogP contribution < -0.4 is 5.32 Å². The Bertz CT molecular complexity index is 430. The van der Waals surface area contributed by atoms with Gasteiger partial charge >= 0.3 is 5.97 Å². The summed E-state index contributed by atoms with van der Waals surface area (Å²) in [6.45, 7) is 0.380. The van der Waals surface area contributed by atoms with Gasteiger partial charge in [0.05, 0.1) is 18.0 Å². The van der Waals surface area contributed by atoms with E-state index < -0.39 is 11.6 Å². The normalized spacial score (nSPS) is 18.3. The van der Waals surface area contributed by atoms with E-state index in [-0.39, 0.29) is 5.69 Å². The number of rotatable bonds is 4. The number of nitrogens with zero attached hydrogens (tertiary/aromatic N) is 2. The Balaban J connectivity index is 1.97. The number of anilines is 1. The third-order valence-electron chi connectivity index (χ3n) is 3.24. The molecule has 18 heavy (non-hydrogen) atoms. The van der Waals surface area contributed by atoms with Gasteiger partial charge in [0.25, 0.3) is 0 Å². The van der Waals surface area contributed by atoms with Crippen LogP contribution in [0.1, 0.15) is 42.6 Å². The second-order valence-electron chi connectivity index (χ2n) is 4.73. The minimum absolute atomic E-state index is 0.101. The maximum absolute atomic E-state index is 10.7. The molecule has 1 saturated carbocycles. The summed E-state index contributed by atoms with van der Waals surface area (Å²) in [6.07, 6.45) is 7.41. The van der Waals surface area contributed by atoms with Crippen molar-refractivity contribution >= 4 is 11.8 Å². The SMILES string of the molecule is O=C(O)c1cncc(NCC2(O)CCCCC2)n1. The summed E-state index contributed by atoms with van der Waals surface area (Å²) in [6, 6.07) is 0. The number of carboxylic acids is 1. The van der Waals surface area contributed by atoms with Crippen molar-refractivity contribution in [1.82, 2.24) is 9.97 Å². The molecule has 0 bridgehead atoms. The molecule has 0 unspecified atom stereocenters. The highest BCUT2D eigenvalue weighted by molar-refractivity contribution is 5.85. The topological polar surface area (TPSA) is 95.3 Å². The number of nitrogens with one attached hydrogen (secondary N) is 1. The van der Waals surface area contributed by atoms with Crippen LogP contribution in [-0.2, 0) is 0 Å². The lowest BCUT2D eigenvalue weighted by molar-refractivity contribution is 0.0166. The molecule has 0 aliphatic heterocycles. The monoisotopic (exact) mass is 251 g/mol. The molecule has 1 aromatic rings. The first-order valence-corrected chi connectivity index (χ1v) is 6.11. The van der Waals surface area contributed by atoms with Gasteiger partial charge < -0.3 is 15.5 Å². The molecule has 1 heterocycles. The molecule has 1 aliphatic rings. The quantitative estimate of drug-likeness (QED) is 0.746. The summed E-state index contributed by atoms with van der Waals surface area (Å²) < 4.78 is 0. The Morgan fingerprint density at radius 3 is 2.72 bits per heavy atom. The van der Waals surface area contributed by atoms with Gasteiger partial charge in [-0.3, -0.25) is 4.98 Å². The third-order valence-corrected chi connectivity index (χ3v) is 3.24. The number of hydrogen-bond donors (Lipinski definition) is 3. The molecule has 6 nitrogen and oxygen atoms in total. The highest BCUT2D eigenvalue weighted by Gasteiger charge is 2.28. The van der Waals surface area contributed by atoms with E-state index in [9.17, 15) is 9.90 Å². The highest BCUT2D eigenvalue weighted by Crippen LogP contribution is 2.27. The van der Waals surface area contributed by atoms with Crippen molar-refractivity contribution in [2.45, 2.75) is 37.7 Å². The predicted octanol–water partition coefficient (Wildman–Crippen LogP) is 1.28. The first-order valence-electron chi connectivity index (χ1n) is 6.11. The average Bonchev–Trinajstić information content (AvgIpc) is 2.38. The van der Waals surface area contributed by atoms with Gasteiger partial charge in [0.1, 0.15) is 5.82 Å². The first kappa shape index (κ1) is 12.8. The summed E-state index contributed by atoms with van der Waals surface area (Å²) in [4.78, 5) is 18.5. The maximum atomic E-state index is 10.7. The molecule has 0 radical (unpaired) electrons. The zero-order chi connectivity index (χ0) is 13.0. The van der Waals surface area contributed by atoms with Crippen molar-refractivity contribution in [3.8, 4) is 0 Å². The van der Waals surface area contributed by atoms with Gasteiger partial charge in [-0.15, -0.1) is 0 Å². The van der Waals surface area contributed by atoms with E-state index in [1.807, 2.05) is 0 Å². The molecule has 1 aliphatic carbocycles. The fourth-order valence-corrected chi connectivity index (χ4v) is 2.20. The van der Waals surface area contributed by atoms with Crippen molar-refractivity contribution in [2.75, 3.05) is 11.9 Å². The lowest BCUT2D eigenvalue weighted by Gasteiger charge is -2.32. The van der Waals surface area contributed by atoms with Gasteiger partial charge in [-0.1, -0.05) is 19.3 Å². The average molecular weight is 251 g/mol. The Hall–Kier alpha value is -1.69. The van der Waals surface area contributed by atoms with Crippen molar-refractivity contribution in [3.63, 3.8) is 0 Å². The van der Waals surface area contributed by atoms with Gasteiger partial charge in [0.15, 0.2) is 5.69 Å². The Morgan fingerprint density at radius 1 is 1.33 bits per heavy atom. The van der Waals surface area contributed by atoms with Gasteiger partial charge in [0.2, 0.25) is 0 Å². The number of hydrogen-bond acceptors (Lipinski definition) is 5. The summed E-state index contributed by atoms with van der Waals surface area (Å²) in [5.41, 5.74) is -0.810. The van der Waals surface area contributed by atoms with Crippen LogP contribution in [0.4, 0.5) is 5.82 Å². The molecule has 3 N–H and O–H groups in total. The van der Waals surface area contributed by atoms with Crippen LogP contribution in [0.3, 0.4) is 0 Å². The fourth-order valence-electron chi connectivity index (χ4n) is 2.20. The lowest BCUT2D eigenvalue weighted by Crippen LogP contribution is -2.39. The number of aromatic carboxylic acids is 1. The van der Waals surface area contributed by atoms with E-state index in [1.165, 1.54) is 12.4 Å². The summed E-state index contributed by atoms with van der Waals surface area (Å²) >= 11 is 0. The zero-order valence-electron chi connectivity index (χ0n) is 10.1. The Labute approximate surface area is 105 Å². The van der Waals surface area contributed by atoms with Crippen LogP contribution in [0.15, 0.2) is 12.4 Å². The van der Waals surface area contributed by atoms with E-state index in [4.69, 9.17) is 5.11 Å². The molecular weight excluding hydrogens is 234 g/mol. The van der Waals surface area contributed by atoms with Crippen molar-refractivity contribution in [2.24, 2.45) is 0 Å². The van der Waals surface area contributed by atoms with Crippen LogP contribution in [0.25, 0.3) is 0 Å². The number of carboxylic acid groups (broad SMARTS) is 1. The third kappa shape index (κ3) is 3.16. The summed E-state index contributed by atoms with van der Waals surface area (Å²) in [7, 11) is 0. The Kier molecular flexibility index (Phi) is 3.76. The smallest absolute Gasteiger partial charge is 0.356 e. The second kappa shape index (κ2) is 5.30. The summed E-state index contributed by atoms with van der Waals surface area (Å²) in [5.74, 6) is -0.726. The minimum Gasteiger partial charge on any atom is -0.476 e. The first-order chi connectivity index (χ1) is 8.59. The Morgan fingerprint density at radius 2 is 2.06 bits per heavy atom. The number of carbonyl (C=O) groups is 1. The van der Waals surface area contributed by atoms with Gasteiger partial charge in [-0.05, 0) is 12.8 Å². The predicted molar refractivity (Wildman–Crippen MR) is 65.5 cm³/mol. The molecule has 0 spiro atoms. The molecule has 0 atom stereocenters. The van der Waals surface area contributed by atoms with Crippen LogP contribution in [0.5, 0.6) is 0 Å². The molecule has 1 aromatic heterocycles. The number of aliphatic hydroxyl groups is 1. The fraction of sp³-hybridized carbons (Fsp3) is 0.583. The standard InChI is InChI=1S/C12H17N3O3/c16-11(17)9-6-13-7-10(15-9)14-8-12(18)4-2-1-3-5-12/h6-7,18H,1-5,8H2,(H,14,15)(H,16,17). The van der Waals surface area contributed by atoms with Crippen LogP contribution >= 0.6 is 0 Å². The van der Waals surface area contributed by atoms with Crippen molar-refractivity contribution in [3.05, 3.63) is 18.1 Å². The second-order valence-corrected chi connectivity index (χ2v) is 4.73. The number of aromatic nitrogens is 2. The van der Waals surface area contributed by atoms with Crippen molar-refractivity contribution < 1.29 is 15.0 Å². The van der Waals surface area contributed by atoms with E-state index in [2.05, 4.69) is 15.3 Å². The molecule has 0 saturated heterocycles.